The van der Waals surface area contributed by atoms with Crippen molar-refractivity contribution in [2.24, 2.45) is 5.92 Å². The Morgan fingerprint density at radius 1 is 1.00 bits per heavy atom. The second-order valence-corrected chi connectivity index (χ2v) is 4.41. The van der Waals surface area contributed by atoms with Crippen LogP contribution in [0.1, 0.15) is 51.4 Å². The molecule has 1 unspecified atom stereocenters. The first-order valence-corrected chi connectivity index (χ1v) is 5.80. The summed E-state index contributed by atoms with van der Waals surface area (Å²) in [5.41, 5.74) is 1.73. The van der Waals surface area contributed by atoms with E-state index in [2.05, 4.69) is 18.2 Å². The molecule has 2 aliphatic carbocycles. The zero-order valence-corrected chi connectivity index (χ0v) is 8.47. The lowest BCUT2D eigenvalue weighted by Gasteiger charge is -2.09. The van der Waals surface area contributed by atoms with Gasteiger partial charge in [-0.05, 0) is 57.3 Å². The van der Waals surface area contributed by atoms with Crippen LogP contribution in [0.4, 0.5) is 0 Å². The monoisotopic (exact) mass is 176 g/mol. The van der Waals surface area contributed by atoms with E-state index in [9.17, 15) is 0 Å². The van der Waals surface area contributed by atoms with Crippen molar-refractivity contribution in [2.75, 3.05) is 0 Å². The molecule has 0 aromatic rings. The van der Waals surface area contributed by atoms with Crippen molar-refractivity contribution < 1.29 is 0 Å². The van der Waals surface area contributed by atoms with Crippen molar-refractivity contribution in [1.29, 1.82) is 0 Å². The van der Waals surface area contributed by atoms with Gasteiger partial charge >= 0.3 is 0 Å². The molecule has 0 radical (unpaired) electrons. The van der Waals surface area contributed by atoms with Crippen molar-refractivity contribution in [1.82, 2.24) is 0 Å². The van der Waals surface area contributed by atoms with Gasteiger partial charge in [0.25, 0.3) is 0 Å². The van der Waals surface area contributed by atoms with Crippen LogP contribution < -0.4 is 0 Å². The Hall–Kier alpha value is -0.520. The Morgan fingerprint density at radius 2 is 1.92 bits per heavy atom. The minimum atomic E-state index is 0.894. The smallest absolute Gasteiger partial charge is 0.0233 e. The molecule has 1 atom stereocenters. The third kappa shape index (κ3) is 2.72. The minimum Gasteiger partial charge on any atom is -0.0879 e. The average Bonchev–Trinajstić information content (AvgIpc) is 2.33. The van der Waals surface area contributed by atoms with Crippen molar-refractivity contribution in [3.05, 3.63) is 23.8 Å². The fraction of sp³-hybridized carbons (Fsp3) is 0.692. The van der Waals surface area contributed by atoms with Crippen LogP contribution in [-0.2, 0) is 0 Å². The Balaban J connectivity index is 2.11. The molecule has 0 saturated carbocycles. The van der Waals surface area contributed by atoms with Crippen LogP contribution >= 0.6 is 0 Å². The summed E-state index contributed by atoms with van der Waals surface area (Å²) in [7, 11) is 0. The van der Waals surface area contributed by atoms with E-state index in [4.69, 9.17) is 0 Å². The van der Waals surface area contributed by atoms with E-state index in [0.717, 1.165) is 5.92 Å². The quantitative estimate of drug-likeness (QED) is 0.484. The average molecular weight is 176 g/mol. The van der Waals surface area contributed by atoms with Crippen LogP contribution in [0.3, 0.4) is 0 Å². The highest BCUT2D eigenvalue weighted by Gasteiger charge is 2.09. The number of hydrogen-bond donors (Lipinski definition) is 0. The summed E-state index contributed by atoms with van der Waals surface area (Å²) in [5, 5.41) is 0. The van der Waals surface area contributed by atoms with Crippen LogP contribution in [0.2, 0.25) is 0 Å². The van der Waals surface area contributed by atoms with Gasteiger partial charge < -0.3 is 0 Å². The first-order chi connectivity index (χ1) is 6.45. The zero-order chi connectivity index (χ0) is 8.93. The van der Waals surface area contributed by atoms with Gasteiger partial charge in [-0.3, -0.25) is 0 Å². The SMILES string of the molecule is C1=CC2CCCC=C(CC1)CCC2. The van der Waals surface area contributed by atoms with Crippen LogP contribution in [0.5, 0.6) is 0 Å². The Morgan fingerprint density at radius 3 is 2.92 bits per heavy atom. The highest BCUT2D eigenvalue weighted by molar-refractivity contribution is 5.06. The summed E-state index contributed by atoms with van der Waals surface area (Å²) in [6.07, 6.45) is 18.4. The predicted octanol–water partition coefficient (Wildman–Crippen LogP) is 4.23. The van der Waals surface area contributed by atoms with Crippen LogP contribution in [0.25, 0.3) is 0 Å². The Labute approximate surface area is 81.7 Å². The summed E-state index contributed by atoms with van der Waals surface area (Å²) in [4.78, 5) is 0. The third-order valence-corrected chi connectivity index (χ3v) is 3.33. The summed E-state index contributed by atoms with van der Waals surface area (Å²) in [5.74, 6) is 0.894. The molecule has 0 aromatic carbocycles. The van der Waals surface area contributed by atoms with E-state index in [1.165, 1.54) is 51.4 Å². The van der Waals surface area contributed by atoms with Gasteiger partial charge in [-0.2, -0.15) is 0 Å². The molecule has 0 heterocycles. The molecule has 2 aliphatic rings. The molecular formula is C13H20. The highest BCUT2D eigenvalue weighted by atomic mass is 14.2. The standard InChI is InChI=1S/C13H20/c1-2-7-13-9-4-3-8-12(6-1)10-5-11-13/h1,6,9,12H,2-5,7-8,10-11H2. The molecule has 72 valence electrons. The van der Waals surface area contributed by atoms with E-state index >= 15 is 0 Å². The van der Waals surface area contributed by atoms with Gasteiger partial charge in [-0.15, -0.1) is 0 Å². The van der Waals surface area contributed by atoms with Crippen molar-refractivity contribution in [3.63, 3.8) is 0 Å². The number of rotatable bonds is 0. The Kier molecular flexibility index (Phi) is 3.23. The van der Waals surface area contributed by atoms with Gasteiger partial charge in [0.1, 0.15) is 0 Å². The third-order valence-electron chi connectivity index (χ3n) is 3.33. The molecular weight excluding hydrogens is 156 g/mol. The molecule has 2 rings (SSSR count). The van der Waals surface area contributed by atoms with Crippen molar-refractivity contribution >= 4 is 0 Å². The van der Waals surface area contributed by atoms with Gasteiger partial charge in [-0.1, -0.05) is 23.8 Å². The Bertz CT molecular complexity index is 210. The molecule has 0 N–H and O–H groups in total. The summed E-state index contributed by atoms with van der Waals surface area (Å²) in [6, 6.07) is 0. The van der Waals surface area contributed by atoms with E-state index in [0.29, 0.717) is 0 Å². The highest BCUT2D eigenvalue weighted by Crippen LogP contribution is 2.26. The minimum absolute atomic E-state index is 0.894. The van der Waals surface area contributed by atoms with Gasteiger partial charge in [0.05, 0.1) is 0 Å². The molecule has 0 amide bonds. The first-order valence-electron chi connectivity index (χ1n) is 5.80. The largest absolute Gasteiger partial charge is 0.0879 e. The molecule has 0 aliphatic heterocycles. The molecule has 0 nitrogen and oxygen atoms in total. The summed E-state index contributed by atoms with van der Waals surface area (Å²) in [6.45, 7) is 0. The predicted molar refractivity (Wildman–Crippen MR) is 57.6 cm³/mol. The van der Waals surface area contributed by atoms with Gasteiger partial charge in [0, 0.05) is 0 Å². The number of hydrogen-bond acceptors (Lipinski definition) is 0. The summed E-state index contributed by atoms with van der Waals surface area (Å²) >= 11 is 0. The zero-order valence-electron chi connectivity index (χ0n) is 8.47. The topological polar surface area (TPSA) is 0 Å². The second kappa shape index (κ2) is 4.64. The van der Waals surface area contributed by atoms with Crippen molar-refractivity contribution in [2.45, 2.75) is 51.4 Å². The fourth-order valence-corrected chi connectivity index (χ4v) is 2.50. The van der Waals surface area contributed by atoms with Crippen molar-refractivity contribution in [3.8, 4) is 0 Å². The van der Waals surface area contributed by atoms with Crippen LogP contribution in [0.15, 0.2) is 23.8 Å². The van der Waals surface area contributed by atoms with Gasteiger partial charge in [0.2, 0.25) is 0 Å². The van der Waals surface area contributed by atoms with E-state index in [1.807, 2.05) is 0 Å². The maximum absolute atomic E-state index is 2.52. The molecule has 0 saturated heterocycles. The van der Waals surface area contributed by atoms with E-state index < -0.39 is 0 Å². The lowest BCUT2D eigenvalue weighted by molar-refractivity contribution is 0.514. The van der Waals surface area contributed by atoms with Gasteiger partial charge in [-0.25, -0.2) is 0 Å². The lowest BCUT2D eigenvalue weighted by atomic mass is 9.96. The first kappa shape index (κ1) is 9.05. The van der Waals surface area contributed by atoms with Crippen LogP contribution in [-0.4, -0.2) is 0 Å². The number of allylic oxidation sites excluding steroid dienone is 4. The normalized spacial score (nSPS) is 29.5. The molecule has 2 bridgehead atoms. The van der Waals surface area contributed by atoms with Crippen LogP contribution in [0, 0.1) is 5.92 Å². The molecule has 0 fully saturated rings. The van der Waals surface area contributed by atoms with E-state index in [1.54, 1.807) is 5.57 Å². The summed E-state index contributed by atoms with van der Waals surface area (Å²) < 4.78 is 0. The molecule has 0 heteroatoms. The molecule has 13 heavy (non-hydrogen) atoms. The second-order valence-electron chi connectivity index (χ2n) is 4.41. The molecule has 0 spiro atoms. The van der Waals surface area contributed by atoms with Gasteiger partial charge in [0.15, 0.2) is 0 Å². The van der Waals surface area contributed by atoms with E-state index in [-0.39, 0.29) is 0 Å². The maximum atomic E-state index is 2.52. The fourth-order valence-electron chi connectivity index (χ4n) is 2.50. The number of fused-ring (bicyclic) bond motifs is 4. The lowest BCUT2D eigenvalue weighted by Crippen LogP contribution is -1.95. The molecule has 0 aromatic heterocycles. The maximum Gasteiger partial charge on any atom is -0.0233 e.